The number of aliphatic carboxylic acids is 1. The number of halogens is 4. The number of hydrogen-bond donors (Lipinski definition) is 2. The number of carboxylic acid groups (broad SMARTS) is 1. The number of nitrogens with one attached hydrogen (secondary N) is 1. The molecule has 2 aliphatic heterocycles. The Morgan fingerprint density at radius 1 is 1.32 bits per heavy atom. The number of dihydropyridines is 1. The van der Waals surface area contributed by atoms with E-state index in [1.807, 2.05) is 0 Å². The van der Waals surface area contributed by atoms with E-state index < -0.39 is 53.1 Å². The molecular weight excluding hydrogens is 346 g/mol. The van der Waals surface area contributed by atoms with E-state index in [2.05, 4.69) is 5.32 Å². The third-order valence-electron chi connectivity index (χ3n) is 4.04. The largest absolute Gasteiger partial charge is 0.478 e. The van der Waals surface area contributed by atoms with Gasteiger partial charge in [-0.25, -0.2) is 14.0 Å². The zero-order valence-electron chi connectivity index (χ0n) is 12.5. The van der Waals surface area contributed by atoms with Gasteiger partial charge in [-0.05, 0) is 11.6 Å². The predicted molar refractivity (Wildman–Crippen MR) is 75.9 cm³/mol. The predicted octanol–water partition coefficient (Wildman–Crippen LogP) is 2.51. The SMILES string of the molecule is O=C(O)C1=C(CF)NC2=C(C(=O)OC2)C1c1ccccc1C(F)(F)F. The van der Waals surface area contributed by atoms with Crippen LogP contribution in [0.2, 0.25) is 0 Å². The minimum Gasteiger partial charge on any atom is -0.478 e. The van der Waals surface area contributed by atoms with Gasteiger partial charge in [0, 0.05) is 0 Å². The number of esters is 1. The Balaban J connectivity index is 2.29. The molecule has 1 aromatic rings. The first kappa shape index (κ1) is 17.0. The van der Waals surface area contributed by atoms with E-state index in [0.717, 1.165) is 18.2 Å². The summed E-state index contributed by atoms with van der Waals surface area (Å²) in [6, 6.07) is 4.30. The second-order valence-corrected chi connectivity index (χ2v) is 5.44. The van der Waals surface area contributed by atoms with E-state index in [4.69, 9.17) is 4.74 Å². The van der Waals surface area contributed by atoms with Crippen LogP contribution < -0.4 is 5.32 Å². The first-order valence-electron chi connectivity index (χ1n) is 7.11. The van der Waals surface area contributed by atoms with E-state index in [-0.39, 0.29) is 17.9 Å². The lowest BCUT2D eigenvalue weighted by Gasteiger charge is -2.28. The maximum Gasteiger partial charge on any atom is 0.416 e. The van der Waals surface area contributed by atoms with Crippen LogP contribution in [0.4, 0.5) is 17.6 Å². The molecule has 25 heavy (non-hydrogen) atoms. The number of alkyl halides is 4. The van der Waals surface area contributed by atoms with Crippen molar-refractivity contribution in [3.63, 3.8) is 0 Å². The highest BCUT2D eigenvalue weighted by molar-refractivity contribution is 6.00. The van der Waals surface area contributed by atoms with Gasteiger partial charge >= 0.3 is 18.1 Å². The number of rotatable bonds is 3. The summed E-state index contributed by atoms with van der Waals surface area (Å²) in [5.74, 6) is -4.12. The van der Waals surface area contributed by atoms with Gasteiger partial charge in [-0.15, -0.1) is 0 Å². The molecule has 1 atom stereocenters. The van der Waals surface area contributed by atoms with E-state index in [1.54, 1.807) is 0 Å². The number of carboxylic acids is 1. The van der Waals surface area contributed by atoms with Crippen molar-refractivity contribution in [2.45, 2.75) is 12.1 Å². The summed E-state index contributed by atoms with van der Waals surface area (Å²) in [6.45, 7) is -1.52. The molecule has 5 nitrogen and oxygen atoms in total. The second-order valence-electron chi connectivity index (χ2n) is 5.44. The summed E-state index contributed by atoms with van der Waals surface area (Å²) in [4.78, 5) is 23.6. The molecule has 2 heterocycles. The van der Waals surface area contributed by atoms with Crippen molar-refractivity contribution in [2.24, 2.45) is 0 Å². The number of hydrogen-bond acceptors (Lipinski definition) is 4. The lowest BCUT2D eigenvalue weighted by Crippen LogP contribution is -2.32. The Morgan fingerprint density at radius 2 is 2.00 bits per heavy atom. The zero-order valence-corrected chi connectivity index (χ0v) is 12.5. The molecule has 2 aliphatic rings. The molecule has 9 heteroatoms. The van der Waals surface area contributed by atoms with Crippen molar-refractivity contribution >= 4 is 11.9 Å². The molecule has 1 aromatic carbocycles. The fraction of sp³-hybridized carbons (Fsp3) is 0.250. The van der Waals surface area contributed by atoms with Gasteiger partial charge in [-0.1, -0.05) is 18.2 Å². The van der Waals surface area contributed by atoms with Gasteiger partial charge in [0.25, 0.3) is 0 Å². The number of carbonyl (C=O) groups is 2. The summed E-state index contributed by atoms with van der Waals surface area (Å²) in [7, 11) is 0. The standard InChI is InChI=1S/C16H11F4NO4/c17-5-9-12(14(22)23)11(13-10(21-9)6-25-15(13)24)7-3-1-2-4-8(7)16(18,19)20/h1-4,11,21H,5-6H2,(H,22,23). The average Bonchev–Trinajstić information content (AvgIpc) is 2.93. The quantitative estimate of drug-likeness (QED) is 0.642. The summed E-state index contributed by atoms with van der Waals surface area (Å²) >= 11 is 0. The minimum atomic E-state index is -4.77. The molecule has 1 unspecified atom stereocenters. The number of carbonyl (C=O) groups excluding carboxylic acids is 1. The van der Waals surface area contributed by atoms with Crippen molar-refractivity contribution in [3.8, 4) is 0 Å². The minimum absolute atomic E-state index is 0.0737. The topological polar surface area (TPSA) is 75.6 Å². The molecule has 132 valence electrons. The first-order valence-corrected chi connectivity index (χ1v) is 7.11. The number of ether oxygens (including phenoxy) is 1. The molecule has 0 fully saturated rings. The van der Waals surface area contributed by atoms with Crippen LogP contribution in [-0.4, -0.2) is 30.3 Å². The summed E-state index contributed by atoms with van der Waals surface area (Å²) in [5.41, 5.74) is -2.74. The highest BCUT2D eigenvalue weighted by Crippen LogP contribution is 2.45. The zero-order chi connectivity index (χ0) is 18.4. The molecule has 0 saturated heterocycles. The van der Waals surface area contributed by atoms with E-state index in [0.29, 0.717) is 0 Å². The first-order chi connectivity index (χ1) is 11.8. The molecule has 3 rings (SSSR count). The normalized spacial score (nSPS) is 20.3. The van der Waals surface area contributed by atoms with Crippen molar-refractivity contribution in [1.82, 2.24) is 5.32 Å². The van der Waals surface area contributed by atoms with Gasteiger partial charge in [-0.2, -0.15) is 13.2 Å². The second kappa shape index (κ2) is 5.91. The molecule has 0 amide bonds. The molecule has 0 saturated carbocycles. The van der Waals surface area contributed by atoms with Crippen LogP contribution in [0.5, 0.6) is 0 Å². The number of allylic oxidation sites excluding steroid dienone is 1. The van der Waals surface area contributed by atoms with Gasteiger partial charge < -0.3 is 15.2 Å². The van der Waals surface area contributed by atoms with Crippen LogP contribution in [0, 0.1) is 0 Å². The third-order valence-corrected chi connectivity index (χ3v) is 4.04. The van der Waals surface area contributed by atoms with Crippen molar-refractivity contribution in [1.29, 1.82) is 0 Å². The summed E-state index contributed by atoms with van der Waals surface area (Å²) in [6.07, 6.45) is -4.77. The third kappa shape index (κ3) is 2.75. The van der Waals surface area contributed by atoms with E-state index in [9.17, 15) is 32.3 Å². The highest BCUT2D eigenvalue weighted by atomic mass is 19.4. The lowest BCUT2D eigenvalue weighted by atomic mass is 9.79. The molecule has 0 radical (unpaired) electrons. The molecule has 0 aromatic heterocycles. The number of benzene rings is 1. The van der Waals surface area contributed by atoms with Crippen molar-refractivity contribution in [2.75, 3.05) is 13.3 Å². The monoisotopic (exact) mass is 357 g/mol. The molecule has 0 bridgehead atoms. The van der Waals surface area contributed by atoms with Gasteiger partial charge in [0.2, 0.25) is 0 Å². The summed E-state index contributed by atoms with van der Waals surface area (Å²) < 4.78 is 58.2. The van der Waals surface area contributed by atoms with Crippen LogP contribution in [0.3, 0.4) is 0 Å². The maximum atomic E-state index is 13.4. The Bertz CT molecular complexity index is 826. The molecule has 0 aliphatic carbocycles. The van der Waals surface area contributed by atoms with Gasteiger partial charge in [0.05, 0.1) is 34.0 Å². The van der Waals surface area contributed by atoms with Crippen LogP contribution in [0.15, 0.2) is 46.8 Å². The van der Waals surface area contributed by atoms with Gasteiger partial charge in [0.15, 0.2) is 0 Å². The maximum absolute atomic E-state index is 13.4. The smallest absolute Gasteiger partial charge is 0.416 e. The van der Waals surface area contributed by atoms with Crippen molar-refractivity contribution in [3.05, 3.63) is 57.9 Å². The summed E-state index contributed by atoms with van der Waals surface area (Å²) in [5, 5.41) is 11.9. The lowest BCUT2D eigenvalue weighted by molar-refractivity contribution is -0.140. The average molecular weight is 357 g/mol. The highest BCUT2D eigenvalue weighted by Gasteiger charge is 2.45. The van der Waals surface area contributed by atoms with Crippen LogP contribution in [-0.2, 0) is 20.5 Å². The molecular formula is C16H11F4NO4. The van der Waals surface area contributed by atoms with Gasteiger partial charge in [0.1, 0.15) is 13.3 Å². The Hall–Kier alpha value is -2.84. The van der Waals surface area contributed by atoms with Gasteiger partial charge in [-0.3, -0.25) is 0 Å². The van der Waals surface area contributed by atoms with E-state index >= 15 is 0 Å². The number of cyclic esters (lactones) is 1. The van der Waals surface area contributed by atoms with Crippen LogP contribution in [0.1, 0.15) is 17.0 Å². The Labute approximate surface area is 138 Å². The molecule has 0 spiro atoms. The fourth-order valence-electron chi connectivity index (χ4n) is 3.06. The van der Waals surface area contributed by atoms with E-state index in [1.165, 1.54) is 6.07 Å². The van der Waals surface area contributed by atoms with Crippen LogP contribution in [0.25, 0.3) is 0 Å². The Morgan fingerprint density at radius 3 is 2.60 bits per heavy atom. The molecule has 2 N–H and O–H groups in total. The fourth-order valence-corrected chi connectivity index (χ4v) is 3.06. The Kier molecular flexibility index (Phi) is 4.02. The van der Waals surface area contributed by atoms with Crippen LogP contribution >= 0.6 is 0 Å². The van der Waals surface area contributed by atoms with Crippen molar-refractivity contribution < 1.29 is 37.0 Å².